The molecule has 0 aromatic carbocycles. The highest BCUT2D eigenvalue weighted by Crippen LogP contribution is 2.10. The minimum absolute atomic E-state index is 0.0853. The Kier molecular flexibility index (Phi) is 8.05. The standard InChI is InChI=1S/C11H22O2/c1-5-6-7-8-10(2)9-11(12-3)13-4/h8,11H,5-7,9H2,1-4H3/b10-8-. The van der Waals surface area contributed by atoms with Crippen molar-refractivity contribution < 1.29 is 9.47 Å². The Morgan fingerprint density at radius 3 is 2.38 bits per heavy atom. The first-order valence-electron chi connectivity index (χ1n) is 4.95. The van der Waals surface area contributed by atoms with Gasteiger partial charge in [0, 0.05) is 20.6 Å². The zero-order chi connectivity index (χ0) is 10.1. The highest BCUT2D eigenvalue weighted by molar-refractivity contribution is 4.98. The van der Waals surface area contributed by atoms with Gasteiger partial charge in [0.25, 0.3) is 0 Å². The highest BCUT2D eigenvalue weighted by atomic mass is 16.7. The monoisotopic (exact) mass is 186 g/mol. The number of methoxy groups -OCH3 is 2. The molecule has 13 heavy (non-hydrogen) atoms. The van der Waals surface area contributed by atoms with Gasteiger partial charge in [-0.25, -0.2) is 0 Å². The molecule has 0 N–H and O–H groups in total. The molecule has 0 heterocycles. The van der Waals surface area contributed by atoms with Crippen LogP contribution in [0.2, 0.25) is 0 Å². The highest BCUT2D eigenvalue weighted by Gasteiger charge is 2.04. The van der Waals surface area contributed by atoms with Gasteiger partial charge in [-0.3, -0.25) is 0 Å². The number of allylic oxidation sites excluding steroid dienone is 1. The third kappa shape index (κ3) is 6.79. The second-order valence-electron chi connectivity index (χ2n) is 3.30. The zero-order valence-corrected chi connectivity index (χ0v) is 9.30. The van der Waals surface area contributed by atoms with Gasteiger partial charge in [0.1, 0.15) is 0 Å². The van der Waals surface area contributed by atoms with E-state index in [4.69, 9.17) is 9.47 Å². The predicted octanol–water partition coefficient (Wildman–Crippen LogP) is 3.13. The molecule has 2 heteroatoms. The van der Waals surface area contributed by atoms with Crippen molar-refractivity contribution in [3.8, 4) is 0 Å². The fourth-order valence-electron chi connectivity index (χ4n) is 1.16. The maximum absolute atomic E-state index is 5.11. The molecule has 0 rings (SSSR count). The van der Waals surface area contributed by atoms with Crippen molar-refractivity contribution in [1.82, 2.24) is 0 Å². The van der Waals surface area contributed by atoms with E-state index in [2.05, 4.69) is 19.9 Å². The van der Waals surface area contributed by atoms with Gasteiger partial charge in [-0.2, -0.15) is 0 Å². The number of hydrogen-bond acceptors (Lipinski definition) is 2. The second kappa shape index (κ2) is 8.27. The molecule has 0 fully saturated rings. The molecule has 78 valence electrons. The van der Waals surface area contributed by atoms with Crippen LogP contribution in [0.25, 0.3) is 0 Å². The summed E-state index contributed by atoms with van der Waals surface area (Å²) in [6.07, 6.45) is 6.75. The topological polar surface area (TPSA) is 18.5 Å². The van der Waals surface area contributed by atoms with Crippen molar-refractivity contribution in [2.24, 2.45) is 0 Å². The third-order valence-electron chi connectivity index (χ3n) is 2.06. The van der Waals surface area contributed by atoms with Crippen LogP contribution >= 0.6 is 0 Å². The van der Waals surface area contributed by atoms with Gasteiger partial charge in [-0.1, -0.05) is 31.4 Å². The van der Waals surface area contributed by atoms with E-state index in [0.717, 1.165) is 6.42 Å². The lowest BCUT2D eigenvalue weighted by Crippen LogP contribution is -2.12. The summed E-state index contributed by atoms with van der Waals surface area (Å²) in [5, 5.41) is 0. The van der Waals surface area contributed by atoms with Gasteiger partial charge in [0.2, 0.25) is 0 Å². The van der Waals surface area contributed by atoms with E-state index in [1.807, 2.05) is 0 Å². The smallest absolute Gasteiger partial charge is 0.160 e. The average molecular weight is 186 g/mol. The molecule has 0 atom stereocenters. The molecule has 2 nitrogen and oxygen atoms in total. The summed E-state index contributed by atoms with van der Waals surface area (Å²) in [6.45, 7) is 4.33. The first-order chi connectivity index (χ1) is 6.24. The molecule has 0 unspecified atom stereocenters. The van der Waals surface area contributed by atoms with E-state index in [1.165, 1.54) is 24.8 Å². The van der Waals surface area contributed by atoms with Crippen LogP contribution in [0, 0.1) is 0 Å². The molecule has 0 aromatic heterocycles. The van der Waals surface area contributed by atoms with Crippen molar-refractivity contribution in [2.45, 2.75) is 45.8 Å². The quantitative estimate of drug-likeness (QED) is 0.345. The van der Waals surface area contributed by atoms with Gasteiger partial charge < -0.3 is 9.47 Å². The maximum Gasteiger partial charge on any atom is 0.160 e. The maximum atomic E-state index is 5.11. The van der Waals surface area contributed by atoms with Crippen LogP contribution in [-0.4, -0.2) is 20.5 Å². The normalized spacial score (nSPS) is 12.5. The molecule has 0 aliphatic rings. The van der Waals surface area contributed by atoms with Crippen LogP contribution in [-0.2, 0) is 9.47 Å². The van der Waals surface area contributed by atoms with E-state index in [1.54, 1.807) is 14.2 Å². The largest absolute Gasteiger partial charge is 0.356 e. The molecule has 0 bridgehead atoms. The van der Waals surface area contributed by atoms with E-state index in [-0.39, 0.29) is 6.29 Å². The summed E-state index contributed by atoms with van der Waals surface area (Å²) in [4.78, 5) is 0. The van der Waals surface area contributed by atoms with Gasteiger partial charge in [0.05, 0.1) is 0 Å². The summed E-state index contributed by atoms with van der Waals surface area (Å²) >= 11 is 0. The lowest BCUT2D eigenvalue weighted by molar-refractivity contribution is -0.100. The van der Waals surface area contributed by atoms with E-state index in [9.17, 15) is 0 Å². The van der Waals surface area contributed by atoms with Gasteiger partial charge in [0.15, 0.2) is 6.29 Å². The van der Waals surface area contributed by atoms with Crippen LogP contribution in [0.3, 0.4) is 0 Å². The van der Waals surface area contributed by atoms with E-state index in [0.29, 0.717) is 0 Å². The lowest BCUT2D eigenvalue weighted by atomic mass is 10.1. The molecule has 0 aliphatic heterocycles. The predicted molar refractivity (Wildman–Crippen MR) is 55.7 cm³/mol. The first kappa shape index (κ1) is 12.7. The number of rotatable bonds is 7. The minimum atomic E-state index is -0.0853. The van der Waals surface area contributed by atoms with Crippen molar-refractivity contribution in [2.75, 3.05) is 14.2 Å². The Hall–Kier alpha value is -0.340. The molecule has 0 saturated heterocycles. The molecule has 0 radical (unpaired) electrons. The SMILES string of the molecule is CCCC/C=C(/C)CC(OC)OC. The van der Waals surface area contributed by atoms with Gasteiger partial charge >= 0.3 is 0 Å². The number of unbranched alkanes of at least 4 members (excludes halogenated alkanes) is 2. The van der Waals surface area contributed by atoms with Crippen LogP contribution < -0.4 is 0 Å². The summed E-state index contributed by atoms with van der Waals surface area (Å²) in [6, 6.07) is 0. The van der Waals surface area contributed by atoms with Gasteiger partial charge in [-0.15, -0.1) is 0 Å². The van der Waals surface area contributed by atoms with E-state index >= 15 is 0 Å². The Labute approximate surface area is 81.9 Å². The van der Waals surface area contributed by atoms with Crippen LogP contribution in [0.15, 0.2) is 11.6 Å². The van der Waals surface area contributed by atoms with Crippen LogP contribution in [0.5, 0.6) is 0 Å². The minimum Gasteiger partial charge on any atom is -0.356 e. The molecular formula is C11H22O2. The fraction of sp³-hybridized carbons (Fsp3) is 0.818. The summed E-state index contributed by atoms with van der Waals surface area (Å²) in [7, 11) is 3.35. The van der Waals surface area contributed by atoms with Crippen molar-refractivity contribution >= 4 is 0 Å². The van der Waals surface area contributed by atoms with Crippen LogP contribution in [0.4, 0.5) is 0 Å². The van der Waals surface area contributed by atoms with Crippen molar-refractivity contribution in [3.63, 3.8) is 0 Å². The Balaban J connectivity index is 3.69. The summed E-state index contributed by atoms with van der Waals surface area (Å²) in [5.74, 6) is 0. The van der Waals surface area contributed by atoms with Crippen LogP contribution in [0.1, 0.15) is 39.5 Å². The zero-order valence-electron chi connectivity index (χ0n) is 9.30. The third-order valence-corrected chi connectivity index (χ3v) is 2.06. The lowest BCUT2D eigenvalue weighted by Gasteiger charge is -2.13. The Morgan fingerprint density at radius 2 is 1.92 bits per heavy atom. The number of hydrogen-bond donors (Lipinski definition) is 0. The molecule has 0 aromatic rings. The Bertz CT molecular complexity index is 137. The molecule has 0 aliphatic carbocycles. The number of ether oxygens (including phenoxy) is 2. The second-order valence-corrected chi connectivity index (χ2v) is 3.30. The molecule has 0 amide bonds. The first-order valence-corrected chi connectivity index (χ1v) is 4.95. The van der Waals surface area contributed by atoms with Gasteiger partial charge in [-0.05, 0) is 13.3 Å². The average Bonchev–Trinajstić information content (AvgIpc) is 2.14. The fourth-order valence-corrected chi connectivity index (χ4v) is 1.16. The van der Waals surface area contributed by atoms with Crippen molar-refractivity contribution in [1.29, 1.82) is 0 Å². The van der Waals surface area contributed by atoms with E-state index < -0.39 is 0 Å². The Morgan fingerprint density at radius 1 is 1.31 bits per heavy atom. The molecular weight excluding hydrogens is 164 g/mol. The van der Waals surface area contributed by atoms with Crippen molar-refractivity contribution in [3.05, 3.63) is 11.6 Å². The summed E-state index contributed by atoms with van der Waals surface area (Å²) in [5.41, 5.74) is 1.35. The molecule has 0 spiro atoms. The summed E-state index contributed by atoms with van der Waals surface area (Å²) < 4.78 is 10.2. The molecule has 0 saturated carbocycles.